The van der Waals surface area contributed by atoms with Gasteiger partial charge in [0.2, 0.25) is 11.8 Å². The summed E-state index contributed by atoms with van der Waals surface area (Å²) in [6.45, 7) is 2.24. The van der Waals surface area contributed by atoms with E-state index in [0.29, 0.717) is 26.2 Å². The second-order valence-electron chi connectivity index (χ2n) is 5.59. The van der Waals surface area contributed by atoms with Gasteiger partial charge in [0.1, 0.15) is 6.10 Å². The monoisotopic (exact) mass is 346 g/mol. The van der Waals surface area contributed by atoms with E-state index in [2.05, 4.69) is 20.2 Å². The van der Waals surface area contributed by atoms with Crippen LogP contribution in [0.2, 0.25) is 0 Å². The van der Waals surface area contributed by atoms with Gasteiger partial charge in [0, 0.05) is 26.7 Å². The van der Waals surface area contributed by atoms with Crippen molar-refractivity contribution in [1.82, 2.24) is 20.2 Å². The topological polar surface area (TPSA) is 76.6 Å². The van der Waals surface area contributed by atoms with Crippen LogP contribution < -0.4 is 10.1 Å². The van der Waals surface area contributed by atoms with Crippen LogP contribution in [0, 0.1) is 5.82 Å². The lowest BCUT2D eigenvalue weighted by Crippen LogP contribution is -2.48. The predicted octanol–water partition coefficient (Wildman–Crippen LogP) is 1.35. The number of carbonyl (C=O) groups is 1. The Hall–Kier alpha value is -2.58. The highest BCUT2D eigenvalue weighted by Crippen LogP contribution is 2.21. The molecule has 1 saturated heterocycles. The van der Waals surface area contributed by atoms with Crippen molar-refractivity contribution >= 4 is 5.91 Å². The number of hydrogen-bond acceptors (Lipinski definition) is 6. The highest BCUT2D eigenvalue weighted by Gasteiger charge is 2.26. The molecule has 8 heteroatoms. The van der Waals surface area contributed by atoms with Crippen molar-refractivity contribution in [2.45, 2.75) is 12.6 Å². The van der Waals surface area contributed by atoms with Gasteiger partial charge in [-0.3, -0.25) is 14.7 Å². The number of ether oxygens (including phenoxy) is 2. The summed E-state index contributed by atoms with van der Waals surface area (Å²) in [4.78, 5) is 22.2. The lowest BCUT2D eigenvalue weighted by molar-refractivity contribution is -0.138. The van der Waals surface area contributed by atoms with Crippen LogP contribution in [0.3, 0.4) is 0 Å². The largest absolute Gasteiger partial charge is 0.434 e. The Morgan fingerprint density at radius 3 is 2.96 bits per heavy atom. The fourth-order valence-corrected chi connectivity index (χ4v) is 2.51. The van der Waals surface area contributed by atoms with E-state index < -0.39 is 11.9 Å². The van der Waals surface area contributed by atoms with E-state index in [1.807, 2.05) is 0 Å². The van der Waals surface area contributed by atoms with Gasteiger partial charge in [0.15, 0.2) is 11.6 Å². The second kappa shape index (κ2) is 8.00. The fraction of sp³-hybridized carbons (Fsp3) is 0.353. The van der Waals surface area contributed by atoms with E-state index >= 15 is 0 Å². The van der Waals surface area contributed by atoms with E-state index in [0.717, 1.165) is 5.69 Å². The molecule has 3 rings (SSSR count). The van der Waals surface area contributed by atoms with Crippen molar-refractivity contribution in [3.8, 4) is 11.6 Å². The van der Waals surface area contributed by atoms with E-state index in [9.17, 15) is 9.18 Å². The first-order chi connectivity index (χ1) is 12.2. The molecule has 2 aromatic rings. The van der Waals surface area contributed by atoms with Crippen LogP contribution in [0.15, 0.2) is 36.7 Å². The van der Waals surface area contributed by atoms with Crippen molar-refractivity contribution in [2.75, 3.05) is 26.7 Å². The van der Waals surface area contributed by atoms with Crippen molar-refractivity contribution in [3.63, 3.8) is 0 Å². The maximum absolute atomic E-state index is 13.6. The zero-order valence-electron chi connectivity index (χ0n) is 13.8. The minimum absolute atomic E-state index is 0.103. The number of hydrogen-bond donors (Lipinski definition) is 1. The highest BCUT2D eigenvalue weighted by molar-refractivity contribution is 5.80. The van der Waals surface area contributed by atoms with Gasteiger partial charge >= 0.3 is 0 Å². The molecule has 1 aromatic carbocycles. The van der Waals surface area contributed by atoms with Crippen LogP contribution in [0.25, 0.3) is 0 Å². The molecule has 2 heterocycles. The molecule has 7 nitrogen and oxygen atoms in total. The minimum atomic E-state index is -0.477. The maximum Gasteiger partial charge on any atom is 0.250 e. The molecule has 0 unspecified atom stereocenters. The molecule has 1 aromatic heterocycles. The van der Waals surface area contributed by atoms with Crippen LogP contribution in [-0.2, 0) is 16.1 Å². The third kappa shape index (κ3) is 4.49. The molecule has 132 valence electrons. The number of carbonyl (C=O) groups excluding carboxylic acids is 1. The van der Waals surface area contributed by atoms with Gasteiger partial charge in [0.05, 0.1) is 24.7 Å². The smallest absolute Gasteiger partial charge is 0.250 e. The summed E-state index contributed by atoms with van der Waals surface area (Å²) in [5, 5.41) is 2.59. The zero-order chi connectivity index (χ0) is 17.6. The van der Waals surface area contributed by atoms with Crippen molar-refractivity contribution in [3.05, 3.63) is 48.2 Å². The van der Waals surface area contributed by atoms with Gasteiger partial charge < -0.3 is 14.8 Å². The summed E-state index contributed by atoms with van der Waals surface area (Å²) in [6.07, 6.45) is 2.56. The second-order valence-corrected chi connectivity index (χ2v) is 5.59. The first-order valence-corrected chi connectivity index (χ1v) is 7.94. The zero-order valence-corrected chi connectivity index (χ0v) is 13.8. The van der Waals surface area contributed by atoms with E-state index in [-0.39, 0.29) is 17.5 Å². The standard InChI is InChI=1S/C17H19FN4O3/c1-19-17(23)15-11-22(6-7-24-15)10-12-8-21-16(9-20-12)25-14-5-3-2-4-13(14)18/h2-5,8-9,15H,6-7,10-11H2,1H3,(H,19,23)/t15-/m0/s1. The first kappa shape index (κ1) is 17.2. The van der Waals surface area contributed by atoms with Crippen molar-refractivity contribution in [2.24, 2.45) is 0 Å². The number of aromatic nitrogens is 2. The number of para-hydroxylation sites is 1. The molecule has 1 N–H and O–H groups in total. The Morgan fingerprint density at radius 2 is 2.24 bits per heavy atom. The van der Waals surface area contributed by atoms with Gasteiger partial charge in [-0.15, -0.1) is 0 Å². The highest BCUT2D eigenvalue weighted by atomic mass is 19.1. The van der Waals surface area contributed by atoms with Crippen molar-refractivity contribution in [1.29, 1.82) is 0 Å². The molecule has 0 spiro atoms. The summed E-state index contributed by atoms with van der Waals surface area (Å²) in [5.41, 5.74) is 0.735. The third-order valence-electron chi connectivity index (χ3n) is 3.81. The SMILES string of the molecule is CNC(=O)[C@@H]1CN(Cc2cnc(Oc3ccccc3F)cn2)CCO1. The average Bonchev–Trinajstić information content (AvgIpc) is 2.65. The summed E-state index contributed by atoms with van der Waals surface area (Å²) in [7, 11) is 1.59. The van der Waals surface area contributed by atoms with Crippen LogP contribution >= 0.6 is 0 Å². The molecule has 25 heavy (non-hydrogen) atoms. The first-order valence-electron chi connectivity index (χ1n) is 7.94. The molecular formula is C17H19FN4O3. The molecule has 1 amide bonds. The molecule has 0 bridgehead atoms. The summed E-state index contributed by atoms with van der Waals surface area (Å²) >= 11 is 0. The Balaban J connectivity index is 1.59. The van der Waals surface area contributed by atoms with Gasteiger partial charge in [-0.2, -0.15) is 0 Å². The lowest BCUT2D eigenvalue weighted by Gasteiger charge is -2.31. The molecule has 0 aliphatic carbocycles. The Kier molecular flexibility index (Phi) is 5.52. The number of halogens is 1. The van der Waals surface area contributed by atoms with E-state index in [1.54, 1.807) is 25.4 Å². The van der Waals surface area contributed by atoms with Crippen LogP contribution in [0.4, 0.5) is 4.39 Å². The molecular weight excluding hydrogens is 327 g/mol. The van der Waals surface area contributed by atoms with Gasteiger partial charge in [-0.05, 0) is 12.1 Å². The predicted molar refractivity (Wildman–Crippen MR) is 87.6 cm³/mol. The number of rotatable bonds is 5. The molecule has 1 fully saturated rings. The third-order valence-corrected chi connectivity index (χ3v) is 3.81. The Bertz CT molecular complexity index is 726. The lowest BCUT2D eigenvalue weighted by atomic mass is 10.2. The van der Waals surface area contributed by atoms with Crippen LogP contribution in [0.5, 0.6) is 11.6 Å². The normalized spacial score (nSPS) is 17.9. The summed E-state index contributed by atoms with van der Waals surface area (Å²) < 4.78 is 24.4. The number of morpholine rings is 1. The number of nitrogens with one attached hydrogen (secondary N) is 1. The summed E-state index contributed by atoms with van der Waals surface area (Å²) in [6, 6.07) is 6.11. The minimum Gasteiger partial charge on any atom is -0.434 e. The number of nitrogens with zero attached hydrogens (tertiary/aromatic N) is 3. The molecule has 0 saturated carbocycles. The van der Waals surface area contributed by atoms with E-state index in [1.165, 1.54) is 18.3 Å². The van der Waals surface area contributed by atoms with Crippen molar-refractivity contribution < 1.29 is 18.7 Å². The molecule has 1 aliphatic heterocycles. The quantitative estimate of drug-likeness (QED) is 0.881. The van der Waals surface area contributed by atoms with Crippen LogP contribution in [0.1, 0.15) is 5.69 Å². The molecule has 1 atom stereocenters. The summed E-state index contributed by atoms with van der Waals surface area (Å²) in [5.74, 6) is -0.267. The molecule has 1 aliphatic rings. The van der Waals surface area contributed by atoms with Gasteiger partial charge in [0.25, 0.3) is 0 Å². The van der Waals surface area contributed by atoms with Gasteiger partial charge in [-0.1, -0.05) is 12.1 Å². The Labute approximate surface area is 144 Å². The number of benzene rings is 1. The van der Waals surface area contributed by atoms with Crippen LogP contribution in [-0.4, -0.2) is 53.6 Å². The number of amides is 1. The number of likely N-dealkylation sites (N-methyl/N-ethyl adjacent to an activating group) is 1. The van der Waals surface area contributed by atoms with E-state index in [4.69, 9.17) is 9.47 Å². The van der Waals surface area contributed by atoms with Gasteiger partial charge in [-0.25, -0.2) is 9.37 Å². The molecule has 0 radical (unpaired) electrons. The average molecular weight is 346 g/mol. The fourth-order valence-electron chi connectivity index (χ4n) is 2.51. The maximum atomic E-state index is 13.6. The Morgan fingerprint density at radius 1 is 1.40 bits per heavy atom.